The summed E-state index contributed by atoms with van der Waals surface area (Å²) in [5.74, 6) is -1.41. The minimum atomic E-state index is -0.773. The molecule has 1 saturated carbocycles. The first kappa shape index (κ1) is 16.5. The van der Waals surface area contributed by atoms with Crippen molar-refractivity contribution in [3.8, 4) is 0 Å². The zero-order valence-electron chi connectivity index (χ0n) is 12.2. The molecular weight excluding hydrogens is 260 g/mol. The molecule has 1 rings (SSSR count). The Morgan fingerprint density at radius 3 is 2.10 bits per heavy atom. The number of rotatable bonds is 6. The summed E-state index contributed by atoms with van der Waals surface area (Å²) in [7, 11) is 0. The summed E-state index contributed by atoms with van der Waals surface area (Å²) < 4.78 is 0. The molecule has 114 valence electrons. The minimum absolute atomic E-state index is 0.0254. The number of carbonyl (C=O) groups excluding carboxylic acids is 2. The van der Waals surface area contributed by atoms with E-state index in [1.165, 1.54) is 0 Å². The van der Waals surface area contributed by atoms with Gasteiger partial charge in [-0.3, -0.25) is 14.4 Å². The summed E-state index contributed by atoms with van der Waals surface area (Å²) >= 11 is 0. The largest absolute Gasteiger partial charge is 0.481 e. The Kier molecular flexibility index (Phi) is 6.48. The van der Waals surface area contributed by atoms with Gasteiger partial charge in [-0.15, -0.1) is 0 Å². The molecule has 0 aromatic rings. The topological polar surface area (TPSA) is 86.7 Å². The van der Waals surface area contributed by atoms with Crippen LogP contribution in [0.15, 0.2) is 0 Å². The third-order valence-corrected chi connectivity index (χ3v) is 3.83. The summed E-state index contributed by atoms with van der Waals surface area (Å²) in [6, 6.07) is 0. The number of hydrogen-bond acceptors (Lipinski definition) is 3. The lowest BCUT2D eigenvalue weighted by atomic mass is 9.81. The van der Waals surface area contributed by atoms with E-state index in [4.69, 9.17) is 5.11 Å². The van der Waals surface area contributed by atoms with Crippen molar-refractivity contribution in [2.75, 3.05) is 19.6 Å². The first-order valence-corrected chi connectivity index (χ1v) is 7.27. The Balaban J connectivity index is 2.51. The molecule has 0 unspecified atom stereocenters. The predicted octanol–water partition coefficient (Wildman–Crippen LogP) is 0.862. The molecule has 6 nitrogen and oxygen atoms in total. The highest BCUT2D eigenvalue weighted by molar-refractivity contribution is 5.86. The molecule has 0 aliphatic heterocycles. The monoisotopic (exact) mass is 284 g/mol. The predicted molar refractivity (Wildman–Crippen MR) is 74.0 cm³/mol. The Labute approximate surface area is 119 Å². The van der Waals surface area contributed by atoms with E-state index in [-0.39, 0.29) is 30.2 Å². The fourth-order valence-electron chi connectivity index (χ4n) is 2.62. The molecule has 0 bridgehead atoms. The van der Waals surface area contributed by atoms with E-state index in [9.17, 15) is 14.4 Å². The molecule has 0 atom stereocenters. The molecule has 2 amide bonds. The average Bonchev–Trinajstić information content (AvgIpc) is 2.44. The lowest BCUT2D eigenvalue weighted by Crippen LogP contribution is -2.44. The van der Waals surface area contributed by atoms with E-state index in [1.807, 2.05) is 13.8 Å². The van der Waals surface area contributed by atoms with Crippen molar-refractivity contribution in [1.82, 2.24) is 10.2 Å². The Hall–Kier alpha value is -1.59. The van der Waals surface area contributed by atoms with E-state index in [0.29, 0.717) is 38.8 Å². The van der Waals surface area contributed by atoms with Crippen molar-refractivity contribution in [1.29, 1.82) is 0 Å². The molecule has 1 aliphatic rings. The lowest BCUT2D eigenvalue weighted by Gasteiger charge is -2.30. The molecule has 1 aliphatic carbocycles. The van der Waals surface area contributed by atoms with E-state index in [0.717, 1.165) is 0 Å². The zero-order valence-corrected chi connectivity index (χ0v) is 12.2. The van der Waals surface area contributed by atoms with Crippen molar-refractivity contribution < 1.29 is 19.5 Å². The second-order valence-corrected chi connectivity index (χ2v) is 5.19. The standard InChI is InChI=1S/C14H24N2O4/c1-3-15-12(17)9-16(4-2)13(18)10-5-7-11(8-6-10)14(19)20/h10-11H,3-9H2,1-2H3,(H,15,17)(H,19,20). The molecule has 0 aromatic carbocycles. The van der Waals surface area contributed by atoms with Crippen LogP contribution in [0.4, 0.5) is 0 Å². The van der Waals surface area contributed by atoms with Gasteiger partial charge in [0.2, 0.25) is 11.8 Å². The van der Waals surface area contributed by atoms with Crippen molar-refractivity contribution in [2.45, 2.75) is 39.5 Å². The Morgan fingerprint density at radius 1 is 1.10 bits per heavy atom. The van der Waals surface area contributed by atoms with Crippen LogP contribution in [0.5, 0.6) is 0 Å². The van der Waals surface area contributed by atoms with Crippen molar-refractivity contribution in [3.05, 3.63) is 0 Å². The Morgan fingerprint density at radius 2 is 1.65 bits per heavy atom. The van der Waals surface area contributed by atoms with Crippen LogP contribution < -0.4 is 5.32 Å². The lowest BCUT2D eigenvalue weighted by molar-refractivity contribution is -0.146. The number of carbonyl (C=O) groups is 3. The number of carboxylic acids is 1. The van der Waals surface area contributed by atoms with E-state index in [2.05, 4.69) is 5.32 Å². The van der Waals surface area contributed by atoms with Crippen LogP contribution >= 0.6 is 0 Å². The van der Waals surface area contributed by atoms with Crippen LogP contribution in [0.2, 0.25) is 0 Å². The zero-order chi connectivity index (χ0) is 15.1. The summed E-state index contributed by atoms with van der Waals surface area (Å²) in [6.45, 7) is 4.81. The molecule has 0 spiro atoms. The van der Waals surface area contributed by atoms with Crippen molar-refractivity contribution in [3.63, 3.8) is 0 Å². The van der Waals surface area contributed by atoms with Crippen LogP contribution in [-0.2, 0) is 14.4 Å². The minimum Gasteiger partial charge on any atom is -0.481 e. The quantitative estimate of drug-likeness (QED) is 0.757. The number of hydrogen-bond donors (Lipinski definition) is 2. The highest BCUT2D eigenvalue weighted by Crippen LogP contribution is 2.30. The highest BCUT2D eigenvalue weighted by Gasteiger charge is 2.32. The number of likely N-dealkylation sites (N-methyl/N-ethyl adjacent to an activating group) is 2. The SMILES string of the molecule is CCNC(=O)CN(CC)C(=O)C1CCC(C(=O)O)CC1. The van der Waals surface area contributed by atoms with Gasteiger partial charge in [0, 0.05) is 19.0 Å². The highest BCUT2D eigenvalue weighted by atomic mass is 16.4. The maximum Gasteiger partial charge on any atom is 0.306 e. The van der Waals surface area contributed by atoms with Gasteiger partial charge in [-0.1, -0.05) is 0 Å². The first-order chi connectivity index (χ1) is 9.49. The van der Waals surface area contributed by atoms with Crippen LogP contribution in [0, 0.1) is 11.8 Å². The molecular formula is C14H24N2O4. The number of aliphatic carboxylic acids is 1. The van der Waals surface area contributed by atoms with Gasteiger partial charge >= 0.3 is 5.97 Å². The second-order valence-electron chi connectivity index (χ2n) is 5.19. The van der Waals surface area contributed by atoms with Crippen LogP contribution in [0.25, 0.3) is 0 Å². The maximum absolute atomic E-state index is 12.3. The third kappa shape index (κ3) is 4.51. The van der Waals surface area contributed by atoms with E-state index >= 15 is 0 Å². The molecule has 0 aromatic heterocycles. The fourth-order valence-corrected chi connectivity index (χ4v) is 2.62. The summed E-state index contributed by atoms with van der Waals surface area (Å²) in [5.41, 5.74) is 0. The molecule has 2 N–H and O–H groups in total. The second kappa shape index (κ2) is 7.87. The third-order valence-electron chi connectivity index (χ3n) is 3.83. The van der Waals surface area contributed by atoms with Crippen LogP contribution in [-0.4, -0.2) is 47.4 Å². The number of nitrogens with one attached hydrogen (secondary N) is 1. The van der Waals surface area contributed by atoms with Crippen LogP contribution in [0.3, 0.4) is 0 Å². The van der Waals surface area contributed by atoms with Gasteiger partial charge in [-0.25, -0.2) is 0 Å². The van der Waals surface area contributed by atoms with Gasteiger partial charge in [0.15, 0.2) is 0 Å². The normalized spacial score (nSPS) is 22.1. The van der Waals surface area contributed by atoms with Gasteiger partial charge < -0.3 is 15.3 Å². The average molecular weight is 284 g/mol. The van der Waals surface area contributed by atoms with E-state index < -0.39 is 5.97 Å². The first-order valence-electron chi connectivity index (χ1n) is 7.27. The molecule has 1 fully saturated rings. The Bertz CT molecular complexity index is 362. The number of amides is 2. The smallest absolute Gasteiger partial charge is 0.306 e. The maximum atomic E-state index is 12.3. The summed E-state index contributed by atoms with van der Waals surface area (Å²) in [6.07, 6.45) is 2.29. The van der Waals surface area contributed by atoms with Gasteiger partial charge in [-0.05, 0) is 39.5 Å². The van der Waals surface area contributed by atoms with Crippen molar-refractivity contribution >= 4 is 17.8 Å². The molecule has 20 heavy (non-hydrogen) atoms. The van der Waals surface area contributed by atoms with E-state index in [1.54, 1.807) is 4.90 Å². The summed E-state index contributed by atoms with van der Waals surface area (Å²) in [5, 5.41) is 11.6. The molecule has 0 saturated heterocycles. The summed E-state index contributed by atoms with van der Waals surface area (Å²) in [4.78, 5) is 36.3. The van der Waals surface area contributed by atoms with Gasteiger partial charge in [0.05, 0.1) is 12.5 Å². The van der Waals surface area contributed by atoms with Gasteiger partial charge in [0.1, 0.15) is 0 Å². The van der Waals surface area contributed by atoms with Gasteiger partial charge in [-0.2, -0.15) is 0 Å². The number of carboxylic acid groups (broad SMARTS) is 1. The van der Waals surface area contributed by atoms with Gasteiger partial charge in [0.25, 0.3) is 0 Å². The molecule has 0 radical (unpaired) electrons. The number of nitrogens with zero attached hydrogens (tertiary/aromatic N) is 1. The van der Waals surface area contributed by atoms with Crippen molar-refractivity contribution in [2.24, 2.45) is 11.8 Å². The fraction of sp³-hybridized carbons (Fsp3) is 0.786. The van der Waals surface area contributed by atoms with Crippen LogP contribution in [0.1, 0.15) is 39.5 Å². The molecule has 6 heteroatoms. The molecule has 0 heterocycles.